The monoisotopic (exact) mass is 290 g/mol. The van der Waals surface area contributed by atoms with E-state index in [1.165, 1.54) is 13.8 Å². The molecule has 4 heteroatoms. The first-order valence-corrected chi connectivity index (χ1v) is 6.96. The topological polar surface area (TPSA) is 52.6 Å². The van der Waals surface area contributed by atoms with Gasteiger partial charge >= 0.3 is 11.9 Å². The molecule has 1 aromatic carbocycles. The van der Waals surface area contributed by atoms with Crippen LogP contribution < -0.4 is 0 Å². The summed E-state index contributed by atoms with van der Waals surface area (Å²) in [5.74, 6) is -0.690. The number of carbonyl (C=O) groups is 2. The molecule has 0 radical (unpaired) electrons. The Bertz CT molecular complexity index is 505. The lowest BCUT2D eigenvalue weighted by molar-refractivity contribution is -0.150. The summed E-state index contributed by atoms with van der Waals surface area (Å²) in [5, 5.41) is 0. The number of rotatable bonds is 6. The normalized spacial score (nSPS) is 14.2. The summed E-state index contributed by atoms with van der Waals surface area (Å²) < 4.78 is 10.4. The molecule has 0 amide bonds. The van der Waals surface area contributed by atoms with E-state index in [2.05, 4.69) is 0 Å². The molecule has 21 heavy (non-hydrogen) atoms. The Morgan fingerprint density at radius 2 is 1.62 bits per heavy atom. The van der Waals surface area contributed by atoms with Gasteiger partial charge in [-0.15, -0.1) is 0 Å². The van der Waals surface area contributed by atoms with E-state index in [9.17, 15) is 9.59 Å². The molecule has 0 N–H and O–H groups in total. The zero-order chi connectivity index (χ0) is 15.8. The molecule has 114 valence electrons. The minimum absolute atomic E-state index is 0.314. The molecule has 0 aliphatic rings. The Morgan fingerprint density at radius 1 is 1.05 bits per heavy atom. The maximum atomic E-state index is 11.3. The van der Waals surface area contributed by atoms with Crippen LogP contribution in [0.25, 0.3) is 6.08 Å². The minimum atomic E-state index is -0.406. The van der Waals surface area contributed by atoms with E-state index >= 15 is 0 Å². The molecular weight excluding hydrogens is 268 g/mol. The van der Waals surface area contributed by atoms with Crippen LogP contribution in [0.4, 0.5) is 0 Å². The fourth-order valence-electron chi connectivity index (χ4n) is 2.07. The highest BCUT2D eigenvalue weighted by atomic mass is 16.6. The smallest absolute Gasteiger partial charge is 0.303 e. The van der Waals surface area contributed by atoms with Crippen molar-refractivity contribution in [2.75, 3.05) is 0 Å². The zero-order valence-corrected chi connectivity index (χ0v) is 13.0. The van der Waals surface area contributed by atoms with Gasteiger partial charge < -0.3 is 9.47 Å². The van der Waals surface area contributed by atoms with Crippen molar-refractivity contribution in [1.82, 2.24) is 0 Å². The van der Waals surface area contributed by atoms with E-state index in [0.717, 1.165) is 11.1 Å². The van der Waals surface area contributed by atoms with Crippen LogP contribution >= 0.6 is 0 Å². The number of hydrogen-bond donors (Lipinski definition) is 0. The number of benzene rings is 1. The molecule has 0 saturated carbocycles. The lowest BCUT2D eigenvalue weighted by atomic mass is 10.0. The summed E-state index contributed by atoms with van der Waals surface area (Å²) in [5.41, 5.74) is 1.95. The molecule has 0 fully saturated rings. The molecule has 0 spiro atoms. The predicted octanol–water partition coefficient (Wildman–Crippen LogP) is 3.36. The second-order valence-electron chi connectivity index (χ2n) is 5.05. The van der Waals surface area contributed by atoms with Crippen LogP contribution in [0.3, 0.4) is 0 Å². The molecule has 2 atom stereocenters. The Labute approximate surface area is 125 Å². The molecule has 0 heterocycles. The van der Waals surface area contributed by atoms with E-state index in [-0.39, 0.29) is 18.0 Å². The molecule has 1 aromatic rings. The van der Waals surface area contributed by atoms with Crippen LogP contribution in [-0.4, -0.2) is 24.1 Å². The van der Waals surface area contributed by atoms with Gasteiger partial charge in [-0.2, -0.15) is 0 Å². The highest BCUT2D eigenvalue weighted by Crippen LogP contribution is 2.18. The van der Waals surface area contributed by atoms with Crippen molar-refractivity contribution < 1.29 is 19.1 Å². The van der Waals surface area contributed by atoms with Gasteiger partial charge in [0.1, 0.15) is 12.2 Å². The first-order chi connectivity index (χ1) is 9.88. The molecule has 0 aliphatic carbocycles. The highest BCUT2D eigenvalue weighted by Gasteiger charge is 2.19. The van der Waals surface area contributed by atoms with Crippen LogP contribution in [0.1, 0.15) is 39.7 Å². The summed E-state index contributed by atoms with van der Waals surface area (Å²) in [6.07, 6.45) is 1.69. The average Bonchev–Trinajstić information content (AvgIpc) is 2.37. The molecule has 0 bridgehead atoms. The van der Waals surface area contributed by atoms with Crippen molar-refractivity contribution in [2.24, 2.45) is 0 Å². The van der Waals surface area contributed by atoms with E-state index in [4.69, 9.17) is 9.47 Å². The average molecular weight is 290 g/mol. The van der Waals surface area contributed by atoms with E-state index in [0.29, 0.717) is 6.42 Å². The first kappa shape index (κ1) is 17.0. The lowest BCUT2D eigenvalue weighted by Gasteiger charge is -2.21. The van der Waals surface area contributed by atoms with Gasteiger partial charge in [0.05, 0.1) is 0 Å². The van der Waals surface area contributed by atoms with Gasteiger partial charge in [-0.25, -0.2) is 0 Å². The van der Waals surface area contributed by atoms with E-state index in [1.54, 1.807) is 6.92 Å². The number of ether oxygens (including phenoxy) is 2. The molecule has 1 rings (SSSR count). The van der Waals surface area contributed by atoms with Crippen molar-refractivity contribution in [2.45, 2.75) is 46.3 Å². The van der Waals surface area contributed by atoms with E-state index in [1.807, 2.05) is 43.3 Å². The van der Waals surface area contributed by atoms with Crippen molar-refractivity contribution in [1.29, 1.82) is 0 Å². The molecule has 4 nitrogen and oxygen atoms in total. The first-order valence-electron chi connectivity index (χ1n) is 6.96. The SMILES string of the molecule is CC(=O)O[C@H](C)C[C@@H](OC(C)=O)/C(C)=C/c1ccccc1. The third-order valence-electron chi connectivity index (χ3n) is 2.92. The zero-order valence-electron chi connectivity index (χ0n) is 13.0. The molecule has 0 aliphatic heterocycles. The Balaban J connectivity index is 2.83. The summed E-state index contributed by atoms with van der Waals surface area (Å²) in [7, 11) is 0. The Morgan fingerprint density at radius 3 is 2.14 bits per heavy atom. The van der Waals surface area contributed by atoms with Gasteiger partial charge in [-0.1, -0.05) is 36.4 Å². The van der Waals surface area contributed by atoms with Crippen LogP contribution in [0, 0.1) is 0 Å². The van der Waals surface area contributed by atoms with Gasteiger partial charge in [0.15, 0.2) is 0 Å². The second kappa shape index (κ2) is 8.25. The fourth-order valence-corrected chi connectivity index (χ4v) is 2.07. The van der Waals surface area contributed by atoms with Gasteiger partial charge in [0.25, 0.3) is 0 Å². The maximum absolute atomic E-state index is 11.3. The minimum Gasteiger partial charge on any atom is -0.463 e. The standard InChI is InChI=1S/C17H22O4/c1-12(10-16-8-6-5-7-9-16)17(21-15(4)19)11-13(2)20-14(3)18/h5-10,13,17H,11H2,1-4H3/b12-10+/t13-,17-/m1/s1. The van der Waals surface area contributed by atoms with Crippen LogP contribution in [0.5, 0.6) is 0 Å². The number of esters is 2. The van der Waals surface area contributed by atoms with Crippen LogP contribution in [0.2, 0.25) is 0 Å². The lowest BCUT2D eigenvalue weighted by Crippen LogP contribution is -2.25. The third kappa shape index (κ3) is 6.75. The number of hydrogen-bond acceptors (Lipinski definition) is 4. The van der Waals surface area contributed by atoms with Crippen LogP contribution in [0.15, 0.2) is 35.9 Å². The molecule has 0 aromatic heterocycles. The molecule has 0 saturated heterocycles. The second-order valence-corrected chi connectivity index (χ2v) is 5.05. The van der Waals surface area contributed by atoms with Gasteiger partial charge in [-0.3, -0.25) is 9.59 Å². The molecule has 0 unspecified atom stereocenters. The largest absolute Gasteiger partial charge is 0.463 e. The Hall–Kier alpha value is -2.10. The predicted molar refractivity (Wildman–Crippen MR) is 81.5 cm³/mol. The van der Waals surface area contributed by atoms with Crippen LogP contribution in [-0.2, 0) is 19.1 Å². The van der Waals surface area contributed by atoms with Gasteiger partial charge in [0.2, 0.25) is 0 Å². The Kier molecular flexibility index (Phi) is 6.66. The summed E-state index contributed by atoms with van der Waals surface area (Å²) in [6.45, 7) is 6.43. The van der Waals surface area contributed by atoms with E-state index < -0.39 is 6.10 Å². The summed E-state index contributed by atoms with van der Waals surface area (Å²) in [6, 6.07) is 9.79. The summed E-state index contributed by atoms with van der Waals surface area (Å²) >= 11 is 0. The fraction of sp³-hybridized carbons (Fsp3) is 0.412. The third-order valence-corrected chi connectivity index (χ3v) is 2.92. The number of carbonyl (C=O) groups excluding carboxylic acids is 2. The van der Waals surface area contributed by atoms with Crippen molar-refractivity contribution in [3.63, 3.8) is 0 Å². The highest BCUT2D eigenvalue weighted by molar-refractivity contribution is 5.67. The molecular formula is C17H22O4. The summed E-state index contributed by atoms with van der Waals surface area (Å²) in [4.78, 5) is 22.2. The van der Waals surface area contributed by atoms with Crippen molar-refractivity contribution >= 4 is 18.0 Å². The van der Waals surface area contributed by atoms with Gasteiger partial charge in [0, 0.05) is 20.3 Å². The maximum Gasteiger partial charge on any atom is 0.303 e. The van der Waals surface area contributed by atoms with Crippen molar-refractivity contribution in [3.05, 3.63) is 41.5 Å². The van der Waals surface area contributed by atoms with Gasteiger partial charge in [-0.05, 0) is 25.0 Å². The van der Waals surface area contributed by atoms with Crippen molar-refractivity contribution in [3.8, 4) is 0 Å². The quantitative estimate of drug-likeness (QED) is 0.754.